The molecule has 1 saturated heterocycles. The third kappa shape index (κ3) is 1.87. The van der Waals surface area contributed by atoms with Gasteiger partial charge in [0.25, 0.3) is 0 Å². The Kier molecular flexibility index (Phi) is 3.03. The molecule has 2 heterocycles. The first-order chi connectivity index (χ1) is 10.9. The topological polar surface area (TPSA) is 50.3 Å². The van der Waals surface area contributed by atoms with E-state index in [1.54, 1.807) is 0 Å². The fraction of sp³-hybridized carbons (Fsp3) is 0.526. The molecule has 120 valence electrons. The first kappa shape index (κ1) is 14.6. The van der Waals surface area contributed by atoms with Gasteiger partial charge in [-0.1, -0.05) is 11.1 Å². The van der Waals surface area contributed by atoms with Crippen LogP contribution in [-0.2, 0) is 9.59 Å². The average molecular weight is 310 g/mol. The number of carbonyl (C=O) groups excluding carboxylic acids is 2. The molecule has 2 amide bonds. The molecule has 1 aromatic heterocycles. The van der Waals surface area contributed by atoms with Crippen LogP contribution in [0.3, 0.4) is 0 Å². The number of rotatable bonds is 1. The lowest BCUT2D eigenvalue weighted by atomic mass is 9.81. The number of allylic oxidation sites excluding steroid dienone is 2. The second-order valence-corrected chi connectivity index (χ2v) is 7.45. The monoisotopic (exact) mass is 310 g/mol. The van der Waals surface area contributed by atoms with Crippen LogP contribution < -0.4 is 4.90 Å². The predicted octanol–water partition coefficient (Wildman–Crippen LogP) is 3.18. The fourth-order valence-electron chi connectivity index (χ4n) is 5.15. The SMILES string of the molecule is CC(C)=C1[C@H]2CC[C@H]1[C@H]1C(=O)N(c3cc(C)cc(C)n3)C(=O)[C@H]12. The number of carbonyl (C=O) groups is 2. The van der Waals surface area contributed by atoms with Gasteiger partial charge in [-0.25, -0.2) is 9.88 Å². The van der Waals surface area contributed by atoms with E-state index in [4.69, 9.17) is 0 Å². The summed E-state index contributed by atoms with van der Waals surface area (Å²) in [5, 5.41) is 0. The minimum Gasteiger partial charge on any atom is -0.274 e. The number of aryl methyl sites for hydroxylation is 2. The molecule has 1 aromatic rings. The summed E-state index contributed by atoms with van der Waals surface area (Å²) in [7, 11) is 0. The van der Waals surface area contributed by atoms with Crippen LogP contribution >= 0.6 is 0 Å². The molecule has 0 N–H and O–H groups in total. The van der Waals surface area contributed by atoms with Crippen molar-refractivity contribution >= 4 is 17.6 Å². The van der Waals surface area contributed by atoms with Crippen molar-refractivity contribution < 1.29 is 9.59 Å². The third-order valence-corrected chi connectivity index (χ3v) is 5.74. The molecule has 2 aliphatic carbocycles. The lowest BCUT2D eigenvalue weighted by Crippen LogP contribution is -2.34. The predicted molar refractivity (Wildman–Crippen MR) is 87.8 cm³/mol. The Morgan fingerprint density at radius 3 is 2.09 bits per heavy atom. The second-order valence-electron chi connectivity index (χ2n) is 7.45. The molecule has 4 nitrogen and oxygen atoms in total. The van der Waals surface area contributed by atoms with Crippen molar-refractivity contribution in [3.63, 3.8) is 0 Å². The van der Waals surface area contributed by atoms with Crippen LogP contribution in [-0.4, -0.2) is 16.8 Å². The summed E-state index contributed by atoms with van der Waals surface area (Å²) in [6.45, 7) is 8.09. The summed E-state index contributed by atoms with van der Waals surface area (Å²) < 4.78 is 0. The minimum atomic E-state index is -0.159. The molecule has 0 aromatic carbocycles. The molecule has 4 atom stereocenters. The van der Waals surface area contributed by atoms with E-state index in [0.717, 1.165) is 24.1 Å². The van der Waals surface area contributed by atoms with Crippen LogP contribution in [0.4, 0.5) is 5.82 Å². The van der Waals surface area contributed by atoms with Crippen molar-refractivity contribution in [3.8, 4) is 0 Å². The Bertz CT molecular complexity index is 708. The largest absolute Gasteiger partial charge is 0.274 e. The zero-order chi connectivity index (χ0) is 16.5. The summed E-state index contributed by atoms with van der Waals surface area (Å²) in [6.07, 6.45) is 2.08. The summed E-state index contributed by atoms with van der Waals surface area (Å²) in [5.74, 6) is 0.643. The normalized spacial score (nSPS) is 32.0. The maximum Gasteiger partial charge on any atom is 0.239 e. The number of anilines is 1. The molecule has 2 saturated carbocycles. The first-order valence-electron chi connectivity index (χ1n) is 8.40. The van der Waals surface area contributed by atoms with Gasteiger partial charge >= 0.3 is 0 Å². The van der Waals surface area contributed by atoms with Crippen molar-refractivity contribution in [3.05, 3.63) is 34.5 Å². The van der Waals surface area contributed by atoms with E-state index >= 15 is 0 Å². The van der Waals surface area contributed by atoms with Gasteiger partial charge in [-0.3, -0.25) is 9.59 Å². The number of nitrogens with zero attached hydrogens (tertiary/aromatic N) is 2. The summed E-state index contributed by atoms with van der Waals surface area (Å²) in [6, 6.07) is 3.80. The van der Waals surface area contributed by atoms with E-state index in [9.17, 15) is 9.59 Å². The van der Waals surface area contributed by atoms with Gasteiger partial charge in [0.15, 0.2) is 0 Å². The van der Waals surface area contributed by atoms with E-state index in [1.165, 1.54) is 16.0 Å². The molecule has 3 aliphatic rings. The van der Waals surface area contributed by atoms with E-state index in [1.807, 2.05) is 26.0 Å². The van der Waals surface area contributed by atoms with E-state index < -0.39 is 0 Å². The van der Waals surface area contributed by atoms with Crippen molar-refractivity contribution in [2.75, 3.05) is 4.90 Å². The summed E-state index contributed by atoms with van der Waals surface area (Å²) >= 11 is 0. The number of hydrogen-bond donors (Lipinski definition) is 0. The van der Waals surface area contributed by atoms with Gasteiger partial charge in [0.05, 0.1) is 11.8 Å². The molecular weight excluding hydrogens is 288 g/mol. The Balaban J connectivity index is 1.77. The Labute approximate surface area is 136 Å². The zero-order valence-electron chi connectivity index (χ0n) is 14.1. The quantitative estimate of drug-likeness (QED) is 0.591. The smallest absolute Gasteiger partial charge is 0.239 e. The minimum absolute atomic E-state index is 0.0385. The Hall–Kier alpha value is -1.97. The van der Waals surface area contributed by atoms with Crippen molar-refractivity contribution in [2.45, 2.75) is 40.5 Å². The number of pyridine rings is 1. The van der Waals surface area contributed by atoms with Gasteiger partial charge in [-0.05, 0) is 70.1 Å². The maximum absolute atomic E-state index is 13.0. The number of aromatic nitrogens is 1. The van der Waals surface area contributed by atoms with Crippen LogP contribution in [0.25, 0.3) is 0 Å². The van der Waals surface area contributed by atoms with Crippen LogP contribution in [0.15, 0.2) is 23.3 Å². The van der Waals surface area contributed by atoms with Gasteiger partial charge in [0.2, 0.25) is 11.8 Å². The van der Waals surface area contributed by atoms with Gasteiger partial charge in [0, 0.05) is 5.69 Å². The third-order valence-electron chi connectivity index (χ3n) is 5.74. The molecule has 3 fully saturated rings. The lowest BCUT2D eigenvalue weighted by molar-refractivity contribution is -0.123. The standard InChI is InChI=1S/C19H22N2O2/c1-9(2)15-12-5-6-13(15)17-16(12)18(22)21(19(17)23)14-8-10(3)7-11(4)20-14/h7-8,12-13,16-17H,5-6H2,1-4H3/t12-,13-,16-,17+/m1/s1. The molecule has 0 spiro atoms. The first-order valence-corrected chi connectivity index (χ1v) is 8.40. The maximum atomic E-state index is 13.0. The Morgan fingerprint density at radius 2 is 1.61 bits per heavy atom. The fourth-order valence-corrected chi connectivity index (χ4v) is 5.15. The molecule has 0 unspecified atom stereocenters. The number of hydrogen-bond acceptors (Lipinski definition) is 3. The van der Waals surface area contributed by atoms with E-state index in [2.05, 4.69) is 18.8 Å². The molecule has 4 heteroatoms. The highest BCUT2D eigenvalue weighted by atomic mass is 16.2. The second kappa shape index (κ2) is 4.76. The van der Waals surface area contributed by atoms with Gasteiger partial charge in [-0.2, -0.15) is 0 Å². The highest BCUT2D eigenvalue weighted by molar-refractivity contribution is 6.22. The van der Waals surface area contributed by atoms with Crippen LogP contribution in [0.1, 0.15) is 37.9 Å². The highest BCUT2D eigenvalue weighted by Crippen LogP contribution is 2.60. The molecule has 23 heavy (non-hydrogen) atoms. The van der Waals surface area contributed by atoms with Crippen molar-refractivity contribution in [1.29, 1.82) is 0 Å². The zero-order valence-corrected chi connectivity index (χ0v) is 14.1. The van der Waals surface area contributed by atoms with Crippen LogP contribution in [0.5, 0.6) is 0 Å². The van der Waals surface area contributed by atoms with Gasteiger partial charge < -0.3 is 0 Å². The molecule has 1 aliphatic heterocycles. The number of amides is 2. The van der Waals surface area contributed by atoms with Crippen LogP contribution in [0, 0.1) is 37.5 Å². The van der Waals surface area contributed by atoms with Gasteiger partial charge in [0.1, 0.15) is 5.82 Å². The van der Waals surface area contributed by atoms with Crippen molar-refractivity contribution in [1.82, 2.24) is 4.98 Å². The summed E-state index contributed by atoms with van der Waals surface area (Å²) in [5.41, 5.74) is 4.54. The van der Waals surface area contributed by atoms with Crippen molar-refractivity contribution in [2.24, 2.45) is 23.7 Å². The van der Waals surface area contributed by atoms with Crippen LogP contribution in [0.2, 0.25) is 0 Å². The van der Waals surface area contributed by atoms with E-state index in [-0.39, 0.29) is 35.5 Å². The lowest BCUT2D eigenvalue weighted by Gasteiger charge is -2.19. The number of imide groups is 1. The van der Waals surface area contributed by atoms with Gasteiger partial charge in [-0.15, -0.1) is 0 Å². The summed E-state index contributed by atoms with van der Waals surface area (Å²) in [4.78, 5) is 31.8. The molecular formula is C19H22N2O2. The Morgan fingerprint density at radius 1 is 1.04 bits per heavy atom. The van der Waals surface area contributed by atoms with E-state index in [0.29, 0.717) is 5.82 Å². The molecule has 4 rings (SSSR count). The molecule has 0 radical (unpaired) electrons. The number of fused-ring (bicyclic) bond motifs is 5. The average Bonchev–Trinajstić information content (AvgIpc) is 3.08. The highest BCUT2D eigenvalue weighted by Gasteiger charge is 2.63. The molecule has 2 bridgehead atoms.